The molecule has 1 aliphatic carbocycles. The average molecular weight is 326 g/mol. The first-order valence-electron chi connectivity index (χ1n) is 7.39. The highest BCUT2D eigenvalue weighted by Gasteiger charge is 2.31. The molecule has 2 aliphatic rings. The van der Waals surface area contributed by atoms with E-state index in [1.165, 1.54) is 24.7 Å². The molecule has 1 aromatic rings. The third-order valence-corrected chi connectivity index (χ3v) is 6.66. The van der Waals surface area contributed by atoms with Crippen LogP contribution >= 0.6 is 11.8 Å². The van der Waals surface area contributed by atoms with Crippen molar-refractivity contribution in [3.63, 3.8) is 0 Å². The Morgan fingerprint density at radius 1 is 1.29 bits per heavy atom. The summed E-state index contributed by atoms with van der Waals surface area (Å²) in [5, 5.41) is 3.10. The van der Waals surface area contributed by atoms with Gasteiger partial charge in [-0.3, -0.25) is 0 Å². The van der Waals surface area contributed by atoms with Crippen molar-refractivity contribution >= 4 is 27.3 Å². The molecule has 1 saturated heterocycles. The van der Waals surface area contributed by atoms with Crippen LogP contribution in [0, 0.1) is 0 Å². The molecule has 1 atom stereocenters. The van der Waals surface area contributed by atoms with E-state index in [1.54, 1.807) is 11.8 Å². The summed E-state index contributed by atoms with van der Waals surface area (Å²) in [5.41, 5.74) is 2.27. The molecule has 3 rings (SSSR count). The van der Waals surface area contributed by atoms with Gasteiger partial charge in [-0.1, -0.05) is 12.1 Å². The Kier molecular flexibility index (Phi) is 4.47. The molecule has 116 valence electrons. The van der Waals surface area contributed by atoms with Crippen molar-refractivity contribution in [2.24, 2.45) is 0 Å². The van der Waals surface area contributed by atoms with E-state index in [9.17, 15) is 8.42 Å². The molecule has 0 bridgehead atoms. The van der Waals surface area contributed by atoms with Crippen LogP contribution in [-0.4, -0.2) is 44.1 Å². The van der Waals surface area contributed by atoms with Gasteiger partial charge in [0.2, 0.25) is 0 Å². The quantitative estimate of drug-likeness (QED) is 0.895. The molecule has 4 nitrogen and oxygen atoms in total. The molecular formula is C15H22N2O2S2. The highest BCUT2D eigenvalue weighted by Crippen LogP contribution is 2.27. The van der Waals surface area contributed by atoms with Crippen LogP contribution in [0.4, 0.5) is 5.69 Å². The lowest BCUT2D eigenvalue weighted by Gasteiger charge is -2.36. The summed E-state index contributed by atoms with van der Waals surface area (Å²) >= 11 is 1.72. The van der Waals surface area contributed by atoms with Gasteiger partial charge in [-0.2, -0.15) is 11.8 Å². The van der Waals surface area contributed by atoms with Crippen molar-refractivity contribution < 1.29 is 8.42 Å². The SMILES string of the molecule is CS(=O)(=O)C1CSCCN1c1ccc(CNC2CC2)cc1. The average Bonchev–Trinajstić information content (AvgIpc) is 3.29. The number of anilines is 1. The second kappa shape index (κ2) is 6.18. The zero-order chi connectivity index (χ0) is 14.9. The molecule has 0 spiro atoms. The van der Waals surface area contributed by atoms with Crippen LogP contribution in [0.2, 0.25) is 0 Å². The van der Waals surface area contributed by atoms with Crippen LogP contribution < -0.4 is 10.2 Å². The third kappa shape index (κ3) is 3.93. The van der Waals surface area contributed by atoms with Crippen LogP contribution in [0.1, 0.15) is 18.4 Å². The standard InChI is InChI=1S/C15H22N2O2S2/c1-21(18,19)15-11-20-9-8-17(15)14-6-2-12(3-7-14)10-16-13-4-5-13/h2-3,6-7,13,15-16H,4-5,8-11H2,1H3. The molecule has 2 fully saturated rings. The number of hydrogen-bond acceptors (Lipinski definition) is 5. The smallest absolute Gasteiger partial charge is 0.169 e. The predicted molar refractivity (Wildman–Crippen MR) is 89.6 cm³/mol. The summed E-state index contributed by atoms with van der Waals surface area (Å²) in [5.74, 6) is 1.64. The molecule has 1 N–H and O–H groups in total. The summed E-state index contributed by atoms with van der Waals surface area (Å²) in [6.45, 7) is 1.69. The second-order valence-corrected chi connectivity index (χ2v) is 9.23. The van der Waals surface area contributed by atoms with E-state index in [0.29, 0.717) is 11.8 Å². The fraction of sp³-hybridized carbons (Fsp3) is 0.600. The van der Waals surface area contributed by atoms with E-state index in [2.05, 4.69) is 29.6 Å². The number of nitrogens with one attached hydrogen (secondary N) is 1. The number of nitrogens with zero attached hydrogens (tertiary/aromatic N) is 1. The van der Waals surface area contributed by atoms with Crippen molar-refractivity contribution in [2.45, 2.75) is 30.8 Å². The highest BCUT2D eigenvalue weighted by molar-refractivity contribution is 8.01. The fourth-order valence-corrected chi connectivity index (χ4v) is 5.43. The van der Waals surface area contributed by atoms with E-state index < -0.39 is 15.2 Å². The van der Waals surface area contributed by atoms with Gasteiger partial charge in [0.15, 0.2) is 9.84 Å². The molecule has 1 saturated carbocycles. The van der Waals surface area contributed by atoms with Crippen LogP contribution in [0.25, 0.3) is 0 Å². The van der Waals surface area contributed by atoms with Gasteiger partial charge in [0.1, 0.15) is 5.37 Å². The minimum atomic E-state index is -3.05. The highest BCUT2D eigenvalue weighted by atomic mass is 32.2. The largest absolute Gasteiger partial charge is 0.353 e. The van der Waals surface area contributed by atoms with E-state index in [1.807, 2.05) is 4.90 Å². The molecule has 1 heterocycles. The number of sulfone groups is 1. The topological polar surface area (TPSA) is 49.4 Å². The first-order valence-corrected chi connectivity index (χ1v) is 10.5. The molecule has 0 aromatic heterocycles. The molecule has 1 aromatic carbocycles. The van der Waals surface area contributed by atoms with Crippen molar-refractivity contribution in [3.05, 3.63) is 29.8 Å². The Balaban J connectivity index is 1.71. The van der Waals surface area contributed by atoms with E-state index in [-0.39, 0.29) is 0 Å². The maximum Gasteiger partial charge on any atom is 0.169 e. The lowest BCUT2D eigenvalue weighted by atomic mass is 10.2. The molecule has 1 unspecified atom stereocenters. The number of benzene rings is 1. The maximum atomic E-state index is 12.0. The van der Waals surface area contributed by atoms with Gasteiger partial charge < -0.3 is 10.2 Å². The summed E-state index contributed by atoms with van der Waals surface area (Å²) in [7, 11) is -3.05. The van der Waals surface area contributed by atoms with Gasteiger partial charge in [0, 0.05) is 42.6 Å². The minimum absolute atomic E-state index is 0.397. The van der Waals surface area contributed by atoms with Gasteiger partial charge in [0.05, 0.1) is 0 Å². The van der Waals surface area contributed by atoms with Crippen LogP contribution in [-0.2, 0) is 16.4 Å². The van der Waals surface area contributed by atoms with E-state index >= 15 is 0 Å². The summed E-state index contributed by atoms with van der Waals surface area (Å²) in [6.07, 6.45) is 3.92. The molecule has 0 radical (unpaired) electrons. The fourth-order valence-electron chi connectivity index (χ4n) is 2.59. The second-order valence-electron chi connectivity index (χ2n) is 5.87. The molecule has 1 aliphatic heterocycles. The van der Waals surface area contributed by atoms with Gasteiger partial charge in [-0.05, 0) is 30.5 Å². The Hall–Kier alpha value is -0.720. The predicted octanol–water partition coefficient (Wildman–Crippen LogP) is 1.86. The Labute approximate surface area is 131 Å². The normalized spacial score (nSPS) is 23.3. The van der Waals surface area contributed by atoms with Crippen LogP contribution in [0.3, 0.4) is 0 Å². The van der Waals surface area contributed by atoms with Crippen LogP contribution in [0.5, 0.6) is 0 Å². The van der Waals surface area contributed by atoms with Gasteiger partial charge in [-0.15, -0.1) is 0 Å². The first-order chi connectivity index (χ1) is 10.0. The number of thioether (sulfide) groups is 1. The van der Waals surface area contributed by atoms with E-state index in [4.69, 9.17) is 0 Å². The third-order valence-electron chi connectivity index (χ3n) is 4.02. The molecule has 21 heavy (non-hydrogen) atoms. The minimum Gasteiger partial charge on any atom is -0.353 e. The summed E-state index contributed by atoms with van der Waals surface area (Å²) in [4.78, 5) is 2.03. The van der Waals surface area contributed by atoms with Crippen molar-refractivity contribution in [1.82, 2.24) is 5.32 Å². The van der Waals surface area contributed by atoms with Gasteiger partial charge in [-0.25, -0.2) is 8.42 Å². The number of hydrogen-bond donors (Lipinski definition) is 1. The zero-order valence-electron chi connectivity index (χ0n) is 12.3. The Morgan fingerprint density at radius 2 is 2.00 bits per heavy atom. The molecule has 0 amide bonds. The lowest BCUT2D eigenvalue weighted by molar-refractivity contribution is 0.584. The zero-order valence-corrected chi connectivity index (χ0v) is 13.9. The summed E-state index contributed by atoms with van der Waals surface area (Å²) < 4.78 is 23.9. The maximum absolute atomic E-state index is 12.0. The molecular weight excluding hydrogens is 304 g/mol. The monoisotopic (exact) mass is 326 g/mol. The van der Waals surface area contributed by atoms with Crippen molar-refractivity contribution in [1.29, 1.82) is 0 Å². The first kappa shape index (κ1) is 15.2. The summed E-state index contributed by atoms with van der Waals surface area (Å²) in [6, 6.07) is 9.02. The number of rotatable bonds is 5. The Morgan fingerprint density at radius 3 is 2.62 bits per heavy atom. The molecule has 6 heteroatoms. The van der Waals surface area contributed by atoms with Gasteiger partial charge in [0.25, 0.3) is 0 Å². The van der Waals surface area contributed by atoms with E-state index in [0.717, 1.165) is 24.5 Å². The lowest BCUT2D eigenvalue weighted by Crippen LogP contribution is -2.47. The van der Waals surface area contributed by atoms with Crippen LogP contribution in [0.15, 0.2) is 24.3 Å². The van der Waals surface area contributed by atoms with Crippen molar-refractivity contribution in [3.8, 4) is 0 Å². The van der Waals surface area contributed by atoms with Crippen molar-refractivity contribution in [2.75, 3.05) is 29.2 Å². The van der Waals surface area contributed by atoms with Gasteiger partial charge >= 0.3 is 0 Å². The Bertz CT molecular complexity index is 582.